The lowest BCUT2D eigenvalue weighted by Crippen LogP contribution is -2.41. The first-order valence-electron chi connectivity index (χ1n) is 6.77. The molecule has 0 radical (unpaired) electrons. The first-order valence-corrected chi connectivity index (χ1v) is 6.77. The van der Waals surface area contributed by atoms with E-state index in [1.54, 1.807) is 7.11 Å². The predicted octanol–water partition coefficient (Wildman–Crippen LogP) is 1.83. The minimum Gasteiger partial charge on any atom is -0.496 e. The van der Waals surface area contributed by atoms with Crippen LogP contribution in [0.2, 0.25) is 0 Å². The quantitative estimate of drug-likeness (QED) is 0.900. The SMILES string of the molecule is CNCC1CCCN1C(=O)c1cc(C)ccc1OC. The van der Waals surface area contributed by atoms with Crippen molar-refractivity contribution in [2.45, 2.75) is 25.8 Å². The van der Waals surface area contributed by atoms with Gasteiger partial charge in [-0.15, -0.1) is 0 Å². The van der Waals surface area contributed by atoms with Gasteiger partial charge in [-0.05, 0) is 38.9 Å². The van der Waals surface area contributed by atoms with E-state index < -0.39 is 0 Å². The third-order valence-corrected chi connectivity index (χ3v) is 3.66. The van der Waals surface area contributed by atoms with Gasteiger partial charge >= 0.3 is 0 Å². The van der Waals surface area contributed by atoms with Crippen molar-refractivity contribution >= 4 is 5.91 Å². The number of ether oxygens (including phenoxy) is 1. The average Bonchev–Trinajstić information content (AvgIpc) is 2.86. The molecule has 1 fully saturated rings. The van der Waals surface area contributed by atoms with E-state index in [0.29, 0.717) is 17.4 Å². The molecule has 4 heteroatoms. The van der Waals surface area contributed by atoms with E-state index in [2.05, 4.69) is 5.32 Å². The highest BCUT2D eigenvalue weighted by Crippen LogP contribution is 2.25. The first-order chi connectivity index (χ1) is 9.17. The van der Waals surface area contributed by atoms with E-state index >= 15 is 0 Å². The highest BCUT2D eigenvalue weighted by atomic mass is 16.5. The predicted molar refractivity (Wildman–Crippen MR) is 75.7 cm³/mol. The molecule has 1 saturated heterocycles. The molecule has 0 aromatic heterocycles. The number of likely N-dealkylation sites (N-methyl/N-ethyl adjacent to an activating group) is 1. The Bertz CT molecular complexity index is 459. The van der Waals surface area contributed by atoms with E-state index in [0.717, 1.165) is 31.5 Å². The molecule has 19 heavy (non-hydrogen) atoms. The van der Waals surface area contributed by atoms with Crippen LogP contribution >= 0.6 is 0 Å². The smallest absolute Gasteiger partial charge is 0.257 e. The van der Waals surface area contributed by atoms with Gasteiger partial charge in [-0.25, -0.2) is 0 Å². The van der Waals surface area contributed by atoms with Gasteiger partial charge in [-0.2, -0.15) is 0 Å². The molecule has 2 rings (SSSR count). The van der Waals surface area contributed by atoms with Crippen molar-refractivity contribution in [1.29, 1.82) is 0 Å². The number of aryl methyl sites for hydroxylation is 1. The molecule has 1 atom stereocenters. The summed E-state index contributed by atoms with van der Waals surface area (Å²) in [5, 5.41) is 3.16. The summed E-state index contributed by atoms with van der Waals surface area (Å²) in [4.78, 5) is 14.6. The van der Waals surface area contributed by atoms with E-state index in [-0.39, 0.29) is 5.91 Å². The van der Waals surface area contributed by atoms with Crippen LogP contribution < -0.4 is 10.1 Å². The number of amides is 1. The Kier molecular flexibility index (Phi) is 4.43. The van der Waals surface area contributed by atoms with Crippen molar-refractivity contribution in [2.75, 3.05) is 27.2 Å². The van der Waals surface area contributed by atoms with E-state index in [1.807, 2.05) is 37.1 Å². The highest BCUT2D eigenvalue weighted by Gasteiger charge is 2.30. The number of benzene rings is 1. The summed E-state index contributed by atoms with van der Waals surface area (Å²) in [7, 11) is 3.53. The van der Waals surface area contributed by atoms with Crippen LogP contribution in [0.3, 0.4) is 0 Å². The summed E-state index contributed by atoms with van der Waals surface area (Å²) in [6.07, 6.45) is 2.15. The minimum absolute atomic E-state index is 0.0818. The molecule has 1 aliphatic rings. The molecule has 4 nitrogen and oxygen atoms in total. The molecule has 0 spiro atoms. The fourth-order valence-corrected chi connectivity index (χ4v) is 2.69. The largest absolute Gasteiger partial charge is 0.496 e. The van der Waals surface area contributed by atoms with E-state index in [9.17, 15) is 4.79 Å². The third-order valence-electron chi connectivity index (χ3n) is 3.66. The second-order valence-corrected chi connectivity index (χ2v) is 5.06. The van der Waals surface area contributed by atoms with Gasteiger partial charge in [0.15, 0.2) is 0 Å². The minimum atomic E-state index is 0.0818. The maximum Gasteiger partial charge on any atom is 0.257 e. The highest BCUT2D eigenvalue weighted by molar-refractivity contribution is 5.97. The van der Waals surface area contributed by atoms with Crippen molar-refractivity contribution in [3.05, 3.63) is 29.3 Å². The van der Waals surface area contributed by atoms with Gasteiger partial charge in [-0.1, -0.05) is 11.6 Å². The molecule has 1 heterocycles. The summed E-state index contributed by atoms with van der Waals surface area (Å²) >= 11 is 0. The van der Waals surface area contributed by atoms with Crippen LogP contribution in [0.25, 0.3) is 0 Å². The summed E-state index contributed by atoms with van der Waals surface area (Å²) < 4.78 is 5.31. The summed E-state index contributed by atoms with van der Waals surface area (Å²) in [5.74, 6) is 0.740. The van der Waals surface area contributed by atoms with Crippen LogP contribution in [0.5, 0.6) is 5.75 Å². The zero-order chi connectivity index (χ0) is 13.8. The van der Waals surface area contributed by atoms with Crippen LogP contribution in [-0.4, -0.2) is 44.1 Å². The Morgan fingerprint density at radius 3 is 3.00 bits per heavy atom. The van der Waals surface area contributed by atoms with Gasteiger partial charge in [0.2, 0.25) is 0 Å². The second kappa shape index (κ2) is 6.06. The van der Waals surface area contributed by atoms with Crippen LogP contribution in [-0.2, 0) is 0 Å². The molecule has 0 aliphatic carbocycles. The van der Waals surface area contributed by atoms with Crippen LogP contribution in [0.1, 0.15) is 28.8 Å². The van der Waals surface area contributed by atoms with Crippen LogP contribution in [0.4, 0.5) is 0 Å². The molecule has 1 aliphatic heterocycles. The lowest BCUT2D eigenvalue weighted by molar-refractivity contribution is 0.0733. The molecule has 104 valence electrons. The second-order valence-electron chi connectivity index (χ2n) is 5.06. The van der Waals surface area contributed by atoms with E-state index in [4.69, 9.17) is 4.74 Å². The number of carbonyl (C=O) groups excluding carboxylic acids is 1. The standard InChI is InChI=1S/C15H22N2O2/c1-11-6-7-14(19-3)13(9-11)15(18)17-8-4-5-12(17)10-16-2/h6-7,9,12,16H,4-5,8,10H2,1-3H3. The normalized spacial score (nSPS) is 18.7. The number of carbonyl (C=O) groups is 1. The molecular weight excluding hydrogens is 240 g/mol. The Labute approximate surface area is 114 Å². The molecule has 0 bridgehead atoms. The average molecular weight is 262 g/mol. The molecule has 1 N–H and O–H groups in total. The van der Waals surface area contributed by atoms with Crippen molar-refractivity contribution in [2.24, 2.45) is 0 Å². The topological polar surface area (TPSA) is 41.6 Å². The maximum absolute atomic E-state index is 12.7. The Hall–Kier alpha value is -1.55. The first kappa shape index (κ1) is 13.9. The van der Waals surface area contributed by atoms with Gasteiger partial charge in [0.25, 0.3) is 5.91 Å². The van der Waals surface area contributed by atoms with Gasteiger partial charge in [0.05, 0.1) is 12.7 Å². The third kappa shape index (κ3) is 2.89. The van der Waals surface area contributed by atoms with Crippen LogP contribution in [0.15, 0.2) is 18.2 Å². The Balaban J connectivity index is 2.25. The number of nitrogens with one attached hydrogen (secondary N) is 1. The van der Waals surface area contributed by atoms with Crippen molar-refractivity contribution in [1.82, 2.24) is 10.2 Å². The number of likely N-dealkylation sites (tertiary alicyclic amines) is 1. The molecule has 0 saturated carbocycles. The van der Waals surface area contributed by atoms with Gasteiger partial charge < -0.3 is 15.0 Å². The van der Waals surface area contributed by atoms with Crippen molar-refractivity contribution < 1.29 is 9.53 Å². The number of hydrogen-bond donors (Lipinski definition) is 1. The number of rotatable bonds is 4. The number of methoxy groups -OCH3 is 1. The van der Waals surface area contributed by atoms with Crippen LogP contribution in [0, 0.1) is 6.92 Å². The summed E-state index contributed by atoms with van der Waals surface area (Å²) in [6, 6.07) is 6.04. The van der Waals surface area contributed by atoms with E-state index in [1.165, 1.54) is 0 Å². The summed E-state index contributed by atoms with van der Waals surface area (Å²) in [5.41, 5.74) is 1.75. The molecule has 1 amide bonds. The molecule has 1 unspecified atom stereocenters. The lowest BCUT2D eigenvalue weighted by Gasteiger charge is -2.25. The monoisotopic (exact) mass is 262 g/mol. The Morgan fingerprint density at radius 1 is 1.53 bits per heavy atom. The molecule has 1 aromatic carbocycles. The van der Waals surface area contributed by atoms with Gasteiger partial charge in [0.1, 0.15) is 5.75 Å². The fourth-order valence-electron chi connectivity index (χ4n) is 2.69. The van der Waals surface area contributed by atoms with Crippen molar-refractivity contribution in [3.8, 4) is 5.75 Å². The Morgan fingerprint density at radius 2 is 2.32 bits per heavy atom. The van der Waals surface area contributed by atoms with Gasteiger partial charge in [0, 0.05) is 19.1 Å². The summed E-state index contributed by atoms with van der Waals surface area (Å²) in [6.45, 7) is 3.67. The number of nitrogens with zero attached hydrogens (tertiary/aromatic N) is 1. The van der Waals surface area contributed by atoms with Gasteiger partial charge in [-0.3, -0.25) is 4.79 Å². The zero-order valence-electron chi connectivity index (χ0n) is 11.9. The number of hydrogen-bond acceptors (Lipinski definition) is 3. The van der Waals surface area contributed by atoms with Crippen molar-refractivity contribution in [3.63, 3.8) is 0 Å². The fraction of sp³-hybridized carbons (Fsp3) is 0.533. The lowest BCUT2D eigenvalue weighted by atomic mass is 10.1. The maximum atomic E-state index is 12.7. The molecule has 1 aromatic rings. The zero-order valence-corrected chi connectivity index (χ0v) is 11.9. The molecular formula is C15H22N2O2.